The van der Waals surface area contributed by atoms with Crippen molar-refractivity contribution in [3.63, 3.8) is 0 Å². The molecule has 8 nitrogen and oxygen atoms in total. The molecule has 1 atom stereocenters. The van der Waals surface area contributed by atoms with Gasteiger partial charge in [0.1, 0.15) is 0 Å². The van der Waals surface area contributed by atoms with Crippen molar-refractivity contribution in [2.45, 2.75) is 58.2 Å². The van der Waals surface area contributed by atoms with Crippen molar-refractivity contribution in [3.8, 4) is 0 Å². The van der Waals surface area contributed by atoms with E-state index in [4.69, 9.17) is 4.52 Å². The summed E-state index contributed by atoms with van der Waals surface area (Å²) in [7, 11) is 0. The summed E-state index contributed by atoms with van der Waals surface area (Å²) in [5.74, 6) is 1.05. The van der Waals surface area contributed by atoms with Crippen molar-refractivity contribution < 1.29 is 14.1 Å². The van der Waals surface area contributed by atoms with Gasteiger partial charge in [0.25, 0.3) is 0 Å². The van der Waals surface area contributed by atoms with Gasteiger partial charge in [-0.3, -0.25) is 4.79 Å². The minimum atomic E-state index is -0.130. The van der Waals surface area contributed by atoms with Gasteiger partial charge in [-0.1, -0.05) is 5.16 Å². The summed E-state index contributed by atoms with van der Waals surface area (Å²) in [6, 6.07) is 0.334. The third-order valence-corrected chi connectivity index (χ3v) is 4.40. The van der Waals surface area contributed by atoms with Crippen LogP contribution >= 0.6 is 0 Å². The highest BCUT2D eigenvalue weighted by Gasteiger charge is 2.36. The number of hydrogen-bond donors (Lipinski definition) is 1. The monoisotopic (exact) mass is 321 g/mol. The number of nitrogens with one attached hydrogen (secondary N) is 1. The summed E-state index contributed by atoms with van der Waals surface area (Å²) in [6.07, 6.45) is 4.06. The number of hydrogen-bond acceptors (Lipinski definition) is 5. The van der Waals surface area contributed by atoms with E-state index in [2.05, 4.69) is 15.5 Å². The van der Waals surface area contributed by atoms with Gasteiger partial charge in [-0.15, -0.1) is 0 Å². The molecule has 2 aliphatic rings. The number of aryl methyl sites for hydroxylation is 1. The Bertz CT molecular complexity index is 583. The van der Waals surface area contributed by atoms with Crippen LogP contribution in [0.5, 0.6) is 0 Å². The van der Waals surface area contributed by atoms with Gasteiger partial charge in [0.2, 0.25) is 11.8 Å². The van der Waals surface area contributed by atoms with Gasteiger partial charge in [-0.2, -0.15) is 4.98 Å². The number of nitrogens with zero attached hydrogens (tertiary/aromatic N) is 4. The van der Waals surface area contributed by atoms with Crippen LogP contribution in [0, 0.1) is 6.92 Å². The molecule has 0 bridgehead atoms. The summed E-state index contributed by atoms with van der Waals surface area (Å²) in [6.45, 7) is 4.92. The lowest BCUT2D eigenvalue weighted by Crippen LogP contribution is -2.48. The second kappa shape index (κ2) is 6.55. The average Bonchev–Trinajstić information content (AvgIpc) is 3.09. The molecule has 1 aliphatic carbocycles. The lowest BCUT2D eigenvalue weighted by atomic mass is 10.2. The third kappa shape index (κ3) is 3.80. The van der Waals surface area contributed by atoms with Crippen LogP contribution in [0.1, 0.15) is 44.3 Å². The zero-order valence-electron chi connectivity index (χ0n) is 13.6. The zero-order chi connectivity index (χ0) is 16.4. The predicted octanol–water partition coefficient (Wildman–Crippen LogP) is 1.06. The van der Waals surface area contributed by atoms with Crippen LogP contribution < -0.4 is 5.32 Å². The van der Waals surface area contributed by atoms with E-state index in [9.17, 15) is 9.59 Å². The first-order valence-electron chi connectivity index (χ1n) is 8.15. The van der Waals surface area contributed by atoms with Crippen LogP contribution in [-0.2, 0) is 11.3 Å². The number of aromatic nitrogens is 2. The Labute approximate surface area is 135 Å². The average molecular weight is 321 g/mol. The van der Waals surface area contributed by atoms with Crippen molar-refractivity contribution in [1.29, 1.82) is 0 Å². The molecule has 1 saturated carbocycles. The van der Waals surface area contributed by atoms with Crippen LogP contribution in [0.4, 0.5) is 4.79 Å². The Hall–Kier alpha value is -2.12. The highest BCUT2D eigenvalue weighted by molar-refractivity contribution is 5.76. The SMILES string of the molecule is CC(=O)N(C[C@@H]1CCCN1C(=O)NCc1noc(C)n1)C1CC1. The van der Waals surface area contributed by atoms with Crippen molar-refractivity contribution >= 4 is 11.9 Å². The minimum absolute atomic E-state index is 0.0894. The summed E-state index contributed by atoms with van der Waals surface area (Å²) in [5.41, 5.74) is 0. The Balaban J connectivity index is 1.54. The molecule has 1 N–H and O–H groups in total. The molecule has 0 spiro atoms. The molecule has 2 heterocycles. The molecule has 1 aliphatic heterocycles. The van der Waals surface area contributed by atoms with Gasteiger partial charge in [0.15, 0.2) is 5.82 Å². The normalized spacial score (nSPS) is 20.6. The van der Waals surface area contributed by atoms with E-state index in [0.717, 1.165) is 32.2 Å². The number of carbonyl (C=O) groups is 2. The smallest absolute Gasteiger partial charge is 0.318 e. The fourth-order valence-corrected chi connectivity index (χ4v) is 3.11. The fraction of sp³-hybridized carbons (Fsp3) is 0.733. The van der Waals surface area contributed by atoms with Crippen LogP contribution in [0.15, 0.2) is 4.52 Å². The summed E-state index contributed by atoms with van der Waals surface area (Å²) < 4.78 is 4.89. The van der Waals surface area contributed by atoms with E-state index in [0.29, 0.717) is 24.3 Å². The van der Waals surface area contributed by atoms with E-state index in [1.165, 1.54) is 0 Å². The van der Waals surface area contributed by atoms with E-state index in [-0.39, 0.29) is 24.5 Å². The molecule has 0 radical (unpaired) electrons. The van der Waals surface area contributed by atoms with Crippen LogP contribution in [0.25, 0.3) is 0 Å². The first kappa shape index (κ1) is 15.8. The second-order valence-electron chi connectivity index (χ2n) is 6.28. The maximum Gasteiger partial charge on any atom is 0.318 e. The summed E-state index contributed by atoms with van der Waals surface area (Å²) in [5, 5.41) is 6.59. The zero-order valence-corrected chi connectivity index (χ0v) is 13.6. The second-order valence-corrected chi connectivity index (χ2v) is 6.28. The highest BCUT2D eigenvalue weighted by atomic mass is 16.5. The van der Waals surface area contributed by atoms with E-state index >= 15 is 0 Å². The number of urea groups is 1. The molecule has 1 aromatic heterocycles. The molecule has 0 aromatic carbocycles. The minimum Gasteiger partial charge on any atom is -0.340 e. The molecule has 3 rings (SSSR count). The van der Waals surface area contributed by atoms with Crippen molar-refractivity contribution in [1.82, 2.24) is 25.3 Å². The summed E-state index contributed by atoms with van der Waals surface area (Å²) in [4.78, 5) is 32.0. The topological polar surface area (TPSA) is 91.6 Å². The third-order valence-electron chi connectivity index (χ3n) is 4.40. The Morgan fingerprint density at radius 3 is 2.78 bits per heavy atom. The number of likely N-dealkylation sites (tertiary alicyclic amines) is 1. The molecule has 1 aromatic rings. The van der Waals surface area contributed by atoms with Crippen molar-refractivity contribution in [3.05, 3.63) is 11.7 Å². The van der Waals surface area contributed by atoms with Gasteiger partial charge in [0.05, 0.1) is 12.6 Å². The molecule has 23 heavy (non-hydrogen) atoms. The van der Waals surface area contributed by atoms with Gasteiger partial charge in [-0.05, 0) is 25.7 Å². The Morgan fingerprint density at radius 1 is 1.39 bits per heavy atom. The van der Waals surface area contributed by atoms with E-state index < -0.39 is 0 Å². The maximum atomic E-state index is 12.4. The highest BCUT2D eigenvalue weighted by Crippen LogP contribution is 2.29. The molecule has 0 unspecified atom stereocenters. The lowest BCUT2D eigenvalue weighted by molar-refractivity contribution is -0.130. The largest absolute Gasteiger partial charge is 0.340 e. The molecule has 3 amide bonds. The fourth-order valence-electron chi connectivity index (χ4n) is 3.11. The summed E-state index contributed by atoms with van der Waals surface area (Å²) >= 11 is 0. The molecular formula is C15H23N5O3. The molecule has 8 heteroatoms. The standard InChI is InChI=1S/C15H23N5O3/c1-10-17-14(18-23-10)8-16-15(22)19-7-3-4-13(19)9-20(11(2)21)12-5-6-12/h12-13H,3-9H2,1-2H3,(H,16,22)/t13-/m0/s1. The van der Waals surface area contributed by atoms with Gasteiger partial charge >= 0.3 is 6.03 Å². The number of rotatable bonds is 5. The molecular weight excluding hydrogens is 298 g/mol. The predicted molar refractivity (Wildman–Crippen MR) is 81.4 cm³/mol. The van der Waals surface area contributed by atoms with E-state index in [1.54, 1.807) is 13.8 Å². The van der Waals surface area contributed by atoms with E-state index in [1.807, 2.05) is 9.80 Å². The Morgan fingerprint density at radius 2 is 2.17 bits per heavy atom. The van der Waals surface area contributed by atoms with Gasteiger partial charge in [-0.25, -0.2) is 4.79 Å². The number of carbonyl (C=O) groups excluding carboxylic acids is 2. The van der Waals surface area contributed by atoms with Crippen LogP contribution in [-0.4, -0.2) is 57.1 Å². The first-order chi connectivity index (χ1) is 11.0. The first-order valence-corrected chi connectivity index (χ1v) is 8.15. The quantitative estimate of drug-likeness (QED) is 0.875. The maximum absolute atomic E-state index is 12.4. The Kier molecular flexibility index (Phi) is 4.49. The number of amides is 3. The van der Waals surface area contributed by atoms with Crippen molar-refractivity contribution in [2.24, 2.45) is 0 Å². The van der Waals surface area contributed by atoms with Crippen LogP contribution in [0.3, 0.4) is 0 Å². The van der Waals surface area contributed by atoms with Crippen LogP contribution in [0.2, 0.25) is 0 Å². The van der Waals surface area contributed by atoms with Crippen molar-refractivity contribution in [2.75, 3.05) is 13.1 Å². The van der Waals surface area contributed by atoms with Gasteiger partial charge < -0.3 is 19.6 Å². The van der Waals surface area contributed by atoms with Gasteiger partial charge in [0, 0.05) is 33.0 Å². The lowest BCUT2D eigenvalue weighted by Gasteiger charge is -2.30. The molecule has 2 fully saturated rings. The molecule has 126 valence electrons. The molecule has 1 saturated heterocycles.